The van der Waals surface area contributed by atoms with Crippen LogP contribution in [-0.2, 0) is 0 Å². The number of hydrogen-bond donors (Lipinski definition) is 2. The summed E-state index contributed by atoms with van der Waals surface area (Å²) in [6.07, 6.45) is 0. The number of aryl methyl sites for hydroxylation is 1. The van der Waals surface area contributed by atoms with E-state index in [1.54, 1.807) is 0 Å². The Morgan fingerprint density at radius 1 is 1.58 bits per heavy atom. The van der Waals surface area contributed by atoms with Crippen LogP contribution in [0, 0.1) is 6.92 Å². The van der Waals surface area contributed by atoms with Crippen LogP contribution in [0.4, 0.5) is 0 Å². The molecule has 6 heteroatoms. The summed E-state index contributed by atoms with van der Waals surface area (Å²) in [7, 11) is 0. The van der Waals surface area contributed by atoms with E-state index in [2.05, 4.69) is 10.2 Å². The fraction of sp³-hybridized carbons (Fsp3) is 0.667. The minimum atomic E-state index is 0.316. The van der Waals surface area contributed by atoms with Gasteiger partial charge in [-0.25, -0.2) is 4.68 Å². The van der Waals surface area contributed by atoms with E-state index in [9.17, 15) is 0 Å². The highest BCUT2D eigenvalue weighted by molar-refractivity contribution is 7.99. The van der Waals surface area contributed by atoms with Crippen molar-refractivity contribution in [2.45, 2.75) is 24.3 Å². The van der Waals surface area contributed by atoms with E-state index in [4.69, 9.17) is 11.6 Å². The molecule has 1 atom stereocenters. The van der Waals surface area contributed by atoms with Gasteiger partial charge in [-0.1, -0.05) is 18.7 Å². The molecule has 0 fully saturated rings. The van der Waals surface area contributed by atoms with Crippen molar-refractivity contribution in [1.29, 1.82) is 0 Å². The summed E-state index contributed by atoms with van der Waals surface area (Å²) < 4.78 is 1.47. The largest absolute Gasteiger partial charge is 0.336 e. The summed E-state index contributed by atoms with van der Waals surface area (Å²) in [5, 5.41) is 8.76. The van der Waals surface area contributed by atoms with Gasteiger partial charge in [0.2, 0.25) is 5.16 Å². The third-order valence-corrected chi connectivity index (χ3v) is 2.56. The lowest BCUT2D eigenvalue weighted by Crippen LogP contribution is -2.16. The normalized spacial score (nSPS) is 13.2. The molecule has 0 bridgehead atoms. The van der Waals surface area contributed by atoms with Gasteiger partial charge in [0, 0.05) is 11.8 Å². The van der Waals surface area contributed by atoms with Gasteiger partial charge in [-0.15, -0.1) is 10.2 Å². The number of aromatic nitrogens is 3. The first-order valence-corrected chi connectivity index (χ1v) is 4.57. The molecule has 0 saturated carbocycles. The Balaban J connectivity index is 2.69. The average molecular weight is 187 g/mol. The molecule has 0 aromatic carbocycles. The Labute approximate surface area is 75.5 Å². The zero-order chi connectivity index (χ0) is 9.14. The molecule has 1 aromatic rings. The molecule has 1 unspecified atom stereocenters. The molecule has 1 aromatic heterocycles. The Morgan fingerprint density at radius 3 is 2.67 bits per heavy atom. The lowest BCUT2D eigenvalue weighted by atomic mass is 10.5. The molecule has 0 amide bonds. The van der Waals surface area contributed by atoms with Crippen LogP contribution in [0.15, 0.2) is 5.16 Å². The van der Waals surface area contributed by atoms with Gasteiger partial charge in [0.1, 0.15) is 5.82 Å². The topological polar surface area (TPSA) is 82.8 Å². The first-order chi connectivity index (χ1) is 5.65. The first-order valence-electron chi connectivity index (χ1n) is 3.69. The molecule has 0 saturated heterocycles. The van der Waals surface area contributed by atoms with E-state index >= 15 is 0 Å². The quantitative estimate of drug-likeness (QED) is 0.503. The summed E-state index contributed by atoms with van der Waals surface area (Å²) in [6.45, 7) is 4.44. The third kappa shape index (κ3) is 1.89. The molecule has 0 aliphatic carbocycles. The van der Waals surface area contributed by atoms with Gasteiger partial charge in [-0.2, -0.15) is 0 Å². The molecule has 5 nitrogen and oxygen atoms in total. The zero-order valence-electron chi connectivity index (χ0n) is 7.19. The maximum absolute atomic E-state index is 5.64. The van der Waals surface area contributed by atoms with Crippen molar-refractivity contribution in [1.82, 2.24) is 14.9 Å². The SMILES string of the molecule is Cc1nnc(SC(C)CN)n1N. The molecule has 0 spiro atoms. The van der Waals surface area contributed by atoms with Crippen LogP contribution in [0.3, 0.4) is 0 Å². The fourth-order valence-electron chi connectivity index (χ4n) is 0.658. The summed E-state index contributed by atoms with van der Waals surface area (Å²) in [5.41, 5.74) is 5.46. The number of rotatable bonds is 3. The molecule has 0 aliphatic rings. The van der Waals surface area contributed by atoms with Gasteiger partial charge in [-0.3, -0.25) is 0 Å². The monoisotopic (exact) mass is 187 g/mol. The smallest absolute Gasteiger partial charge is 0.210 e. The van der Waals surface area contributed by atoms with E-state index in [-0.39, 0.29) is 0 Å². The van der Waals surface area contributed by atoms with E-state index in [1.807, 2.05) is 13.8 Å². The first kappa shape index (κ1) is 9.34. The van der Waals surface area contributed by atoms with Crippen LogP contribution >= 0.6 is 11.8 Å². The second-order valence-electron chi connectivity index (χ2n) is 2.56. The van der Waals surface area contributed by atoms with Crippen molar-refractivity contribution in [3.8, 4) is 0 Å². The van der Waals surface area contributed by atoms with Crippen molar-refractivity contribution in [3.05, 3.63) is 5.82 Å². The molecule has 68 valence electrons. The number of thioether (sulfide) groups is 1. The van der Waals surface area contributed by atoms with Crippen molar-refractivity contribution in [2.75, 3.05) is 12.4 Å². The molecule has 1 heterocycles. The van der Waals surface area contributed by atoms with Crippen LogP contribution in [0.1, 0.15) is 12.7 Å². The summed E-state index contributed by atoms with van der Waals surface area (Å²) in [6, 6.07) is 0. The zero-order valence-corrected chi connectivity index (χ0v) is 8.01. The lowest BCUT2D eigenvalue weighted by Gasteiger charge is -2.05. The predicted molar refractivity (Wildman–Crippen MR) is 49.3 cm³/mol. The van der Waals surface area contributed by atoms with Crippen LogP contribution in [-0.4, -0.2) is 26.7 Å². The van der Waals surface area contributed by atoms with Gasteiger partial charge in [0.05, 0.1) is 0 Å². The highest BCUT2D eigenvalue weighted by Gasteiger charge is 2.09. The number of nitrogens with zero attached hydrogens (tertiary/aromatic N) is 3. The third-order valence-electron chi connectivity index (χ3n) is 1.47. The van der Waals surface area contributed by atoms with Crippen molar-refractivity contribution in [2.24, 2.45) is 5.73 Å². The molecule has 0 aliphatic heterocycles. The van der Waals surface area contributed by atoms with Crippen LogP contribution < -0.4 is 11.6 Å². The minimum absolute atomic E-state index is 0.316. The van der Waals surface area contributed by atoms with E-state index in [1.165, 1.54) is 16.4 Å². The molecule has 12 heavy (non-hydrogen) atoms. The van der Waals surface area contributed by atoms with Gasteiger partial charge >= 0.3 is 0 Å². The number of nitrogens with two attached hydrogens (primary N) is 2. The van der Waals surface area contributed by atoms with Crippen molar-refractivity contribution in [3.63, 3.8) is 0 Å². The summed E-state index contributed by atoms with van der Waals surface area (Å²) in [4.78, 5) is 0. The highest BCUT2D eigenvalue weighted by Crippen LogP contribution is 2.18. The minimum Gasteiger partial charge on any atom is -0.336 e. The van der Waals surface area contributed by atoms with Crippen molar-refractivity contribution >= 4 is 11.8 Å². The summed E-state index contributed by atoms with van der Waals surface area (Å²) >= 11 is 1.53. The van der Waals surface area contributed by atoms with Crippen LogP contribution in [0.2, 0.25) is 0 Å². The Hall–Kier alpha value is -0.750. The molecule has 4 N–H and O–H groups in total. The Kier molecular flexibility index (Phi) is 2.93. The van der Waals surface area contributed by atoms with E-state index in [0.717, 1.165) is 0 Å². The second kappa shape index (κ2) is 3.77. The number of hydrogen-bond acceptors (Lipinski definition) is 5. The molecule has 0 radical (unpaired) electrons. The second-order valence-corrected chi connectivity index (χ2v) is 3.97. The van der Waals surface area contributed by atoms with Crippen molar-refractivity contribution < 1.29 is 0 Å². The molecular weight excluding hydrogens is 174 g/mol. The fourth-order valence-corrected chi connectivity index (χ4v) is 1.45. The predicted octanol–water partition coefficient (Wildman–Crippen LogP) is -0.260. The maximum atomic E-state index is 5.64. The Bertz CT molecular complexity index is 258. The van der Waals surface area contributed by atoms with Crippen LogP contribution in [0.5, 0.6) is 0 Å². The van der Waals surface area contributed by atoms with Crippen LogP contribution in [0.25, 0.3) is 0 Å². The summed E-state index contributed by atoms with van der Waals surface area (Å²) in [5.74, 6) is 6.35. The van der Waals surface area contributed by atoms with Gasteiger partial charge < -0.3 is 11.6 Å². The number of nitrogen functional groups attached to an aromatic ring is 1. The highest BCUT2D eigenvalue weighted by atomic mass is 32.2. The lowest BCUT2D eigenvalue weighted by molar-refractivity contribution is 0.816. The van der Waals surface area contributed by atoms with E-state index < -0.39 is 0 Å². The Morgan fingerprint density at radius 2 is 2.25 bits per heavy atom. The van der Waals surface area contributed by atoms with E-state index in [0.29, 0.717) is 22.8 Å². The van der Waals surface area contributed by atoms with Gasteiger partial charge in [-0.05, 0) is 6.92 Å². The van der Waals surface area contributed by atoms with Gasteiger partial charge in [0.15, 0.2) is 0 Å². The molecule has 1 rings (SSSR count). The van der Waals surface area contributed by atoms with Gasteiger partial charge in [0.25, 0.3) is 0 Å². The molecular formula is C6H13N5S. The standard InChI is InChI=1S/C6H13N5S/c1-4(3-7)12-6-10-9-5(2)11(6)8/h4H,3,7-8H2,1-2H3. The maximum Gasteiger partial charge on any atom is 0.210 e. The average Bonchev–Trinajstić information content (AvgIpc) is 2.36.